The smallest absolute Gasteiger partial charge is 0.318 e. The van der Waals surface area contributed by atoms with Gasteiger partial charge in [-0.2, -0.15) is 15.1 Å². The third-order valence-corrected chi connectivity index (χ3v) is 10.7. The first kappa shape index (κ1) is 33.1. The van der Waals surface area contributed by atoms with E-state index >= 15 is 0 Å². The number of fused-ring (bicyclic) bond motifs is 3. The van der Waals surface area contributed by atoms with Crippen LogP contribution >= 0.6 is 23.2 Å². The second-order valence-corrected chi connectivity index (χ2v) is 14.0. The maximum Gasteiger partial charge on any atom is 0.318 e. The molecular formula is C34H41Cl2FN8O3. The molecule has 1 aromatic carbocycles. The second-order valence-electron chi connectivity index (χ2n) is 13.2. The van der Waals surface area contributed by atoms with Crippen molar-refractivity contribution < 1.29 is 18.7 Å². The summed E-state index contributed by atoms with van der Waals surface area (Å²) in [7, 11) is 3.13. The van der Waals surface area contributed by atoms with Crippen LogP contribution in [0.2, 0.25) is 10.0 Å². The molecule has 11 nitrogen and oxygen atoms in total. The van der Waals surface area contributed by atoms with Crippen LogP contribution in [0.5, 0.6) is 6.01 Å². The standard InChI is InChI=1S/C26H29Cl2N7O3.C8H12FN/c1-30-25(36)23-22(28)19-11-34(6-3-7-35(19)33-23)24-16-12-38-20(10-18(16)31-26(32-24)37-2)15-8-14(29)9-17(27)21(15)13-4-5-13;9-5-7-4-8-2-1-3-10(8)6-7/h8-9,13,20H,3-7,10-12,29H2,1-2H3,(H,30,36);5,8H,1-4,6H2/b;7-5-. The lowest BCUT2D eigenvalue weighted by atomic mass is 9.92. The zero-order chi connectivity index (χ0) is 33.5. The predicted molar refractivity (Wildman–Crippen MR) is 182 cm³/mol. The monoisotopic (exact) mass is 698 g/mol. The predicted octanol–water partition coefficient (Wildman–Crippen LogP) is 5.74. The summed E-state index contributed by atoms with van der Waals surface area (Å²) in [5.74, 6) is 0.880. The van der Waals surface area contributed by atoms with E-state index in [2.05, 4.69) is 20.2 Å². The van der Waals surface area contributed by atoms with Gasteiger partial charge in [-0.15, -0.1) is 0 Å². The van der Waals surface area contributed by atoms with Crippen LogP contribution in [-0.4, -0.2) is 70.4 Å². The van der Waals surface area contributed by atoms with E-state index < -0.39 is 0 Å². The Morgan fingerprint density at radius 1 is 1.12 bits per heavy atom. The number of ether oxygens (including phenoxy) is 2. The van der Waals surface area contributed by atoms with Gasteiger partial charge in [-0.1, -0.05) is 23.2 Å². The Labute approximate surface area is 289 Å². The van der Waals surface area contributed by atoms with Crippen LogP contribution < -0.4 is 20.7 Å². The molecule has 2 atom stereocenters. The summed E-state index contributed by atoms with van der Waals surface area (Å²) >= 11 is 13.3. The number of halogens is 3. The van der Waals surface area contributed by atoms with Gasteiger partial charge in [0.25, 0.3) is 5.91 Å². The first-order valence-corrected chi connectivity index (χ1v) is 17.4. The molecule has 14 heteroatoms. The van der Waals surface area contributed by atoms with Crippen LogP contribution in [-0.2, 0) is 30.9 Å². The number of nitrogens with one attached hydrogen (secondary N) is 1. The first-order valence-electron chi connectivity index (χ1n) is 16.7. The first-order chi connectivity index (χ1) is 23.3. The summed E-state index contributed by atoms with van der Waals surface area (Å²) in [6.07, 6.45) is 7.73. The van der Waals surface area contributed by atoms with Crippen molar-refractivity contribution in [1.82, 2.24) is 30.0 Å². The van der Waals surface area contributed by atoms with Gasteiger partial charge in [0.1, 0.15) is 5.82 Å². The van der Waals surface area contributed by atoms with Gasteiger partial charge in [0.05, 0.1) is 49.1 Å². The third kappa shape index (κ3) is 6.47. The Bertz CT molecular complexity index is 1730. The highest BCUT2D eigenvalue weighted by Crippen LogP contribution is 2.49. The Balaban J connectivity index is 0.000000310. The quantitative estimate of drug-likeness (QED) is 0.321. The molecule has 1 aliphatic carbocycles. The molecule has 1 saturated carbocycles. The maximum atomic E-state index is 12.3. The normalized spacial score (nSPS) is 22.8. The molecule has 4 aliphatic heterocycles. The van der Waals surface area contributed by atoms with Crippen molar-refractivity contribution in [2.75, 3.05) is 44.4 Å². The number of carbonyl (C=O) groups excluding carboxylic acids is 1. The Kier molecular flexibility index (Phi) is 9.52. The van der Waals surface area contributed by atoms with E-state index in [9.17, 15) is 9.18 Å². The van der Waals surface area contributed by atoms with Gasteiger partial charge in [-0.25, -0.2) is 4.39 Å². The molecule has 256 valence electrons. The molecule has 2 unspecified atom stereocenters. The molecule has 48 heavy (non-hydrogen) atoms. The number of nitrogens with two attached hydrogens (primary N) is 1. The number of methoxy groups -OCH3 is 1. The van der Waals surface area contributed by atoms with Gasteiger partial charge in [0.2, 0.25) is 0 Å². The summed E-state index contributed by atoms with van der Waals surface area (Å²) in [4.78, 5) is 26.2. The number of nitrogens with zero attached hydrogens (tertiary/aromatic N) is 6. The summed E-state index contributed by atoms with van der Waals surface area (Å²) in [5.41, 5.74) is 12.8. The minimum absolute atomic E-state index is 0.221. The minimum atomic E-state index is -0.310. The van der Waals surface area contributed by atoms with Crippen molar-refractivity contribution in [3.8, 4) is 6.01 Å². The molecule has 3 aromatic rings. The number of hydrogen-bond acceptors (Lipinski definition) is 9. The highest BCUT2D eigenvalue weighted by atomic mass is 35.5. The van der Waals surface area contributed by atoms with Gasteiger partial charge in [0, 0.05) is 55.4 Å². The van der Waals surface area contributed by atoms with E-state index in [1.807, 2.05) is 16.8 Å². The summed E-state index contributed by atoms with van der Waals surface area (Å²) < 4.78 is 25.8. The number of rotatable bonds is 5. The van der Waals surface area contributed by atoms with Crippen molar-refractivity contribution in [3.63, 3.8) is 0 Å². The van der Waals surface area contributed by atoms with Gasteiger partial charge in [0.15, 0.2) is 5.69 Å². The minimum Gasteiger partial charge on any atom is -0.467 e. The highest BCUT2D eigenvalue weighted by Gasteiger charge is 2.36. The average Bonchev–Trinajstić information content (AvgIpc) is 3.66. The molecule has 3 fully saturated rings. The van der Waals surface area contributed by atoms with Gasteiger partial charge in [-0.3, -0.25) is 14.4 Å². The van der Waals surface area contributed by atoms with Gasteiger partial charge < -0.3 is 25.4 Å². The van der Waals surface area contributed by atoms with Crippen molar-refractivity contribution in [2.45, 2.75) is 82.7 Å². The molecule has 0 bridgehead atoms. The van der Waals surface area contributed by atoms with Crippen molar-refractivity contribution in [3.05, 3.63) is 67.9 Å². The molecule has 0 spiro atoms. The fraction of sp³-hybridized carbons (Fsp3) is 0.529. The van der Waals surface area contributed by atoms with E-state index in [0.29, 0.717) is 59.8 Å². The molecule has 0 radical (unpaired) electrons. The lowest BCUT2D eigenvalue weighted by Crippen LogP contribution is -2.28. The number of aromatic nitrogens is 4. The third-order valence-electron chi connectivity index (χ3n) is 9.99. The summed E-state index contributed by atoms with van der Waals surface area (Å²) in [6.45, 7) is 4.22. The van der Waals surface area contributed by atoms with Crippen molar-refractivity contribution in [1.29, 1.82) is 0 Å². The number of benzene rings is 1. The Hall–Kier alpha value is -3.45. The van der Waals surface area contributed by atoms with E-state index in [-0.39, 0.29) is 17.7 Å². The molecule has 6 heterocycles. The average molecular weight is 700 g/mol. The zero-order valence-electron chi connectivity index (χ0n) is 27.3. The fourth-order valence-electron chi connectivity index (χ4n) is 7.48. The number of nitrogen functional groups attached to an aromatic ring is 1. The van der Waals surface area contributed by atoms with Crippen LogP contribution in [0.4, 0.5) is 15.9 Å². The molecule has 1 amide bonds. The van der Waals surface area contributed by atoms with E-state index in [0.717, 1.165) is 84.6 Å². The van der Waals surface area contributed by atoms with Crippen molar-refractivity contribution >= 4 is 40.6 Å². The SMILES string of the molecule is CNC(=O)c1nn2c(c1Cl)CN(c1nc(OC)nc3c1COC(c1cc(N)cc(Cl)c1C1CC1)C3)CCC2.F/C=C1/CC2CCCN2C1. The number of hydrogen-bond donors (Lipinski definition) is 2. The molecule has 2 saturated heterocycles. The van der Waals surface area contributed by atoms with Crippen LogP contribution in [0, 0.1) is 0 Å². The molecular weight excluding hydrogens is 658 g/mol. The largest absolute Gasteiger partial charge is 0.467 e. The lowest BCUT2D eigenvalue weighted by Gasteiger charge is -2.31. The summed E-state index contributed by atoms with van der Waals surface area (Å²) in [6, 6.07) is 4.78. The Morgan fingerprint density at radius 3 is 2.69 bits per heavy atom. The fourth-order valence-corrected chi connectivity index (χ4v) is 8.15. The molecule has 8 rings (SSSR count). The number of anilines is 2. The molecule has 5 aliphatic rings. The highest BCUT2D eigenvalue weighted by molar-refractivity contribution is 6.34. The summed E-state index contributed by atoms with van der Waals surface area (Å²) in [5, 5.41) is 8.12. The number of aryl methyl sites for hydroxylation is 1. The topological polar surface area (TPSA) is 124 Å². The van der Waals surface area contributed by atoms with Crippen LogP contribution in [0.1, 0.15) is 89.1 Å². The van der Waals surface area contributed by atoms with Crippen LogP contribution in [0.3, 0.4) is 0 Å². The second kappa shape index (κ2) is 13.8. The maximum absolute atomic E-state index is 12.3. The lowest BCUT2D eigenvalue weighted by molar-refractivity contribution is 0.0252. The Morgan fingerprint density at radius 2 is 1.96 bits per heavy atom. The molecule has 3 N–H and O–H groups in total. The van der Waals surface area contributed by atoms with Crippen LogP contribution in [0.25, 0.3) is 0 Å². The molecule has 2 aromatic heterocycles. The van der Waals surface area contributed by atoms with Crippen molar-refractivity contribution in [2.24, 2.45) is 0 Å². The van der Waals surface area contributed by atoms with Gasteiger partial charge in [-0.05, 0) is 79.8 Å². The number of amides is 1. The van der Waals surface area contributed by atoms with E-state index in [1.165, 1.54) is 19.4 Å². The van der Waals surface area contributed by atoms with E-state index in [4.69, 9.17) is 48.4 Å². The van der Waals surface area contributed by atoms with Crippen LogP contribution in [0.15, 0.2) is 24.0 Å². The zero-order valence-corrected chi connectivity index (χ0v) is 28.8. The van der Waals surface area contributed by atoms with Gasteiger partial charge >= 0.3 is 6.01 Å². The van der Waals surface area contributed by atoms with E-state index in [1.54, 1.807) is 14.2 Å². The number of carbonyl (C=O) groups is 1.